The lowest BCUT2D eigenvalue weighted by Gasteiger charge is -2.35. The molecule has 0 aliphatic carbocycles. The predicted molar refractivity (Wildman–Crippen MR) is 106 cm³/mol. The molecule has 0 amide bonds. The van der Waals surface area contributed by atoms with Crippen LogP contribution < -0.4 is 0 Å². The maximum absolute atomic E-state index is 13.1. The van der Waals surface area contributed by atoms with Gasteiger partial charge in [0.1, 0.15) is 5.84 Å². The van der Waals surface area contributed by atoms with Crippen molar-refractivity contribution in [2.45, 2.75) is 20.2 Å². The second kappa shape index (κ2) is 7.33. The highest BCUT2D eigenvalue weighted by molar-refractivity contribution is 7.99. The van der Waals surface area contributed by atoms with Gasteiger partial charge in [-0.25, -0.2) is 13.4 Å². The molecule has 0 unspecified atom stereocenters. The van der Waals surface area contributed by atoms with Crippen molar-refractivity contribution >= 4 is 33.1 Å². The lowest BCUT2D eigenvalue weighted by atomic mass is 10.1. The van der Waals surface area contributed by atoms with E-state index >= 15 is 0 Å². The number of halogens is 3. The molecule has 10 heteroatoms. The molecule has 0 atom stereocenters. The summed E-state index contributed by atoms with van der Waals surface area (Å²) >= 11 is 1.37. The number of fused-ring (bicyclic) bond motifs is 2. The van der Waals surface area contributed by atoms with Crippen molar-refractivity contribution in [3.05, 3.63) is 48.0 Å². The summed E-state index contributed by atoms with van der Waals surface area (Å²) in [5, 5.41) is 0. The monoisotopic (exact) mass is 441 g/mol. The van der Waals surface area contributed by atoms with Gasteiger partial charge in [0.05, 0.1) is 10.6 Å². The van der Waals surface area contributed by atoms with Crippen LogP contribution in [0.4, 0.5) is 18.9 Å². The quantitative estimate of drug-likeness (QED) is 0.674. The second-order valence-corrected chi connectivity index (χ2v) is 9.93. The van der Waals surface area contributed by atoms with Gasteiger partial charge in [-0.1, -0.05) is 23.9 Å². The van der Waals surface area contributed by atoms with E-state index in [4.69, 9.17) is 4.99 Å². The summed E-state index contributed by atoms with van der Waals surface area (Å²) < 4.78 is 63.3. The van der Waals surface area contributed by atoms with E-state index in [0.717, 1.165) is 30.1 Å². The van der Waals surface area contributed by atoms with Gasteiger partial charge in [-0.05, 0) is 37.4 Å². The molecule has 0 N–H and O–H groups in total. The van der Waals surface area contributed by atoms with E-state index in [1.807, 2.05) is 36.2 Å². The van der Waals surface area contributed by atoms with E-state index in [1.165, 1.54) is 17.8 Å². The van der Waals surface area contributed by atoms with Gasteiger partial charge in [0, 0.05) is 41.5 Å². The largest absolute Gasteiger partial charge is 0.501 e. The van der Waals surface area contributed by atoms with Crippen LogP contribution in [0, 0.1) is 0 Å². The first-order valence-corrected chi connectivity index (χ1v) is 11.2. The maximum Gasteiger partial charge on any atom is 0.501 e. The second-order valence-electron chi connectivity index (χ2n) is 6.90. The molecular weight excluding hydrogens is 423 g/mol. The number of likely N-dealkylation sites (N-methyl/N-ethyl adjacent to an activating group) is 1. The number of alkyl halides is 3. The molecule has 0 saturated carbocycles. The Hall–Kier alpha value is -2.04. The van der Waals surface area contributed by atoms with Crippen LogP contribution in [0.2, 0.25) is 0 Å². The Labute approximate surface area is 171 Å². The van der Waals surface area contributed by atoms with Crippen LogP contribution >= 0.6 is 11.8 Å². The summed E-state index contributed by atoms with van der Waals surface area (Å²) in [4.78, 5) is 9.68. The molecule has 2 aliphatic rings. The zero-order chi connectivity index (χ0) is 20.8. The average molecular weight is 442 g/mol. The van der Waals surface area contributed by atoms with E-state index < -0.39 is 20.2 Å². The summed E-state index contributed by atoms with van der Waals surface area (Å²) in [6.45, 7) is 2.86. The van der Waals surface area contributed by atoms with Crippen LogP contribution in [0.5, 0.6) is 0 Å². The Morgan fingerprint density at radius 2 is 1.69 bits per heavy atom. The van der Waals surface area contributed by atoms with Crippen molar-refractivity contribution in [1.82, 2.24) is 9.80 Å². The van der Waals surface area contributed by atoms with Crippen LogP contribution in [0.1, 0.15) is 5.56 Å². The minimum atomic E-state index is -5.44. The van der Waals surface area contributed by atoms with Crippen LogP contribution in [0.15, 0.2) is 62.1 Å². The Morgan fingerprint density at radius 1 is 1.00 bits per heavy atom. The smallest absolute Gasteiger partial charge is 0.354 e. The number of aliphatic imine (C=N–C) groups is 1. The van der Waals surface area contributed by atoms with E-state index in [1.54, 1.807) is 0 Å². The Bertz CT molecular complexity index is 1080. The minimum absolute atomic E-state index is 0.404. The van der Waals surface area contributed by atoms with Crippen molar-refractivity contribution in [3.63, 3.8) is 0 Å². The lowest BCUT2D eigenvalue weighted by molar-refractivity contribution is -0.0436. The summed E-state index contributed by atoms with van der Waals surface area (Å²) in [5.41, 5.74) is -4.24. The number of hydrogen-bond acceptors (Lipinski definition) is 6. The van der Waals surface area contributed by atoms with Crippen LogP contribution in [-0.4, -0.2) is 62.8 Å². The lowest BCUT2D eigenvalue weighted by Crippen LogP contribution is -2.47. The highest BCUT2D eigenvalue weighted by Crippen LogP contribution is 2.42. The normalized spacial score (nSPS) is 17.9. The summed E-state index contributed by atoms with van der Waals surface area (Å²) in [6, 6.07) is 11.0. The molecule has 0 radical (unpaired) electrons. The predicted octanol–water partition coefficient (Wildman–Crippen LogP) is 3.77. The fourth-order valence-electron chi connectivity index (χ4n) is 3.26. The van der Waals surface area contributed by atoms with Crippen LogP contribution in [-0.2, 0) is 9.84 Å². The average Bonchev–Trinajstić information content (AvgIpc) is 2.84. The molecule has 2 aromatic rings. The van der Waals surface area contributed by atoms with E-state index in [0.29, 0.717) is 35.1 Å². The van der Waals surface area contributed by atoms with Gasteiger partial charge in [0.25, 0.3) is 9.84 Å². The number of rotatable bonds is 1. The Kier molecular flexibility index (Phi) is 5.12. The van der Waals surface area contributed by atoms with Gasteiger partial charge in [-0.2, -0.15) is 13.2 Å². The topological polar surface area (TPSA) is 53.0 Å². The molecule has 2 heterocycles. The molecule has 154 valence electrons. The van der Waals surface area contributed by atoms with E-state index in [2.05, 4.69) is 4.90 Å². The number of nitrogens with zero attached hydrogens (tertiary/aromatic N) is 3. The first kappa shape index (κ1) is 20.2. The molecule has 1 saturated heterocycles. The number of amidine groups is 1. The maximum atomic E-state index is 13.1. The number of sulfone groups is 1. The SMILES string of the molecule is CN1CCN(C2=Nc3ccccc3Sc3ccc(S(=O)(=O)C(F)(F)F)cc32)CC1. The van der Waals surface area contributed by atoms with Gasteiger partial charge < -0.3 is 9.80 Å². The van der Waals surface area contributed by atoms with Crippen molar-refractivity contribution in [2.75, 3.05) is 33.2 Å². The van der Waals surface area contributed by atoms with Gasteiger partial charge in [0.2, 0.25) is 0 Å². The van der Waals surface area contributed by atoms with E-state index in [9.17, 15) is 21.6 Å². The van der Waals surface area contributed by atoms with Crippen LogP contribution in [0.3, 0.4) is 0 Å². The third-order valence-electron chi connectivity index (χ3n) is 4.92. The van der Waals surface area contributed by atoms with Crippen molar-refractivity contribution in [1.29, 1.82) is 0 Å². The van der Waals surface area contributed by atoms with Gasteiger partial charge in [-0.15, -0.1) is 0 Å². The Morgan fingerprint density at radius 3 is 2.38 bits per heavy atom. The molecule has 2 aromatic carbocycles. The molecule has 0 bridgehead atoms. The third kappa shape index (κ3) is 3.76. The first-order chi connectivity index (χ1) is 13.7. The zero-order valence-electron chi connectivity index (χ0n) is 15.5. The molecule has 2 aliphatic heterocycles. The van der Waals surface area contributed by atoms with Gasteiger partial charge >= 0.3 is 5.51 Å². The standard InChI is InChI=1S/C19H18F3N3O2S2/c1-24-8-10-25(11-9-24)18-14-12-13(29(26,27)19(20,21)22)6-7-16(14)28-17-5-3-2-4-15(17)23-18/h2-7,12H,8-11H2,1H3. The number of piperazine rings is 1. The Balaban J connectivity index is 1.88. The first-order valence-electron chi connectivity index (χ1n) is 8.92. The zero-order valence-corrected chi connectivity index (χ0v) is 17.1. The minimum Gasteiger partial charge on any atom is -0.354 e. The number of hydrogen-bond donors (Lipinski definition) is 0. The van der Waals surface area contributed by atoms with Crippen molar-refractivity contribution in [2.24, 2.45) is 4.99 Å². The highest BCUT2D eigenvalue weighted by atomic mass is 32.2. The molecule has 0 aromatic heterocycles. The van der Waals surface area contributed by atoms with Crippen molar-refractivity contribution < 1.29 is 21.6 Å². The highest BCUT2D eigenvalue weighted by Gasteiger charge is 2.47. The number of para-hydroxylation sites is 1. The van der Waals surface area contributed by atoms with Gasteiger partial charge in [0.15, 0.2) is 0 Å². The molecule has 29 heavy (non-hydrogen) atoms. The van der Waals surface area contributed by atoms with Crippen LogP contribution in [0.25, 0.3) is 0 Å². The summed E-state index contributed by atoms with van der Waals surface area (Å²) in [5.74, 6) is 0.504. The summed E-state index contributed by atoms with van der Waals surface area (Å²) in [7, 11) is -3.44. The molecule has 4 rings (SSSR count). The van der Waals surface area contributed by atoms with Gasteiger partial charge in [-0.3, -0.25) is 0 Å². The molecule has 1 fully saturated rings. The summed E-state index contributed by atoms with van der Waals surface area (Å²) in [6.07, 6.45) is 0. The molecule has 0 spiro atoms. The fraction of sp³-hybridized carbons (Fsp3) is 0.316. The van der Waals surface area contributed by atoms with E-state index in [-0.39, 0.29) is 0 Å². The van der Waals surface area contributed by atoms with Crippen molar-refractivity contribution in [3.8, 4) is 0 Å². The molecule has 5 nitrogen and oxygen atoms in total. The number of benzene rings is 2. The fourth-order valence-corrected chi connectivity index (χ4v) is 5.05. The molecular formula is C19H18F3N3O2S2. The third-order valence-corrected chi connectivity index (χ3v) is 7.55.